The summed E-state index contributed by atoms with van der Waals surface area (Å²) < 4.78 is 0. The third kappa shape index (κ3) is 2.36. The number of benzene rings is 2. The molecule has 0 aliphatic carbocycles. The molecule has 2 rings (SSSR count). The standard InChI is InChI=1S/C16H18O3/c1-3-10-5-7-13(17)12(4-2)16(10)11-6-8-14(18)15(19)9-11/h5-9,17-19H,3-4H2,1-2H3. The van der Waals surface area contributed by atoms with E-state index in [9.17, 15) is 15.3 Å². The van der Waals surface area contributed by atoms with Crippen molar-refractivity contribution in [3.05, 3.63) is 41.5 Å². The van der Waals surface area contributed by atoms with Gasteiger partial charge in [-0.25, -0.2) is 0 Å². The molecule has 0 unspecified atom stereocenters. The quantitative estimate of drug-likeness (QED) is 0.737. The molecule has 0 amide bonds. The monoisotopic (exact) mass is 258 g/mol. The predicted octanol–water partition coefficient (Wildman–Crippen LogP) is 3.60. The van der Waals surface area contributed by atoms with Gasteiger partial charge in [0.15, 0.2) is 11.5 Å². The Bertz CT molecular complexity index is 603. The van der Waals surface area contributed by atoms with Crippen LogP contribution in [0.15, 0.2) is 30.3 Å². The second-order valence-electron chi connectivity index (χ2n) is 4.51. The molecule has 100 valence electrons. The van der Waals surface area contributed by atoms with E-state index in [-0.39, 0.29) is 17.2 Å². The van der Waals surface area contributed by atoms with Crippen LogP contribution in [0.2, 0.25) is 0 Å². The predicted molar refractivity (Wildman–Crippen MR) is 75.6 cm³/mol. The summed E-state index contributed by atoms with van der Waals surface area (Å²) in [6, 6.07) is 8.35. The molecule has 0 saturated heterocycles. The Morgan fingerprint density at radius 3 is 2.05 bits per heavy atom. The average Bonchev–Trinajstić information content (AvgIpc) is 2.41. The van der Waals surface area contributed by atoms with E-state index in [1.807, 2.05) is 13.0 Å². The van der Waals surface area contributed by atoms with Crippen molar-refractivity contribution in [3.63, 3.8) is 0 Å². The summed E-state index contributed by atoms with van der Waals surface area (Å²) in [5.74, 6) is -0.0211. The second-order valence-corrected chi connectivity index (χ2v) is 4.51. The lowest BCUT2D eigenvalue weighted by atomic mass is 9.91. The van der Waals surface area contributed by atoms with Gasteiger partial charge >= 0.3 is 0 Å². The minimum atomic E-state index is -0.148. The molecule has 2 aromatic carbocycles. The fourth-order valence-corrected chi connectivity index (χ4v) is 2.38. The Morgan fingerprint density at radius 2 is 1.47 bits per heavy atom. The highest BCUT2D eigenvalue weighted by Gasteiger charge is 2.14. The molecule has 0 heterocycles. The van der Waals surface area contributed by atoms with Crippen molar-refractivity contribution >= 4 is 0 Å². The average molecular weight is 258 g/mol. The Kier molecular flexibility index (Phi) is 3.65. The van der Waals surface area contributed by atoms with Crippen LogP contribution >= 0.6 is 0 Å². The van der Waals surface area contributed by atoms with Crippen LogP contribution in [0.5, 0.6) is 17.2 Å². The molecular formula is C16H18O3. The van der Waals surface area contributed by atoms with Gasteiger partial charge in [-0.15, -0.1) is 0 Å². The van der Waals surface area contributed by atoms with Crippen LogP contribution in [-0.4, -0.2) is 15.3 Å². The first-order valence-corrected chi connectivity index (χ1v) is 6.44. The van der Waals surface area contributed by atoms with E-state index in [2.05, 4.69) is 6.92 Å². The second kappa shape index (κ2) is 5.22. The summed E-state index contributed by atoms with van der Waals surface area (Å²) in [4.78, 5) is 0. The third-order valence-corrected chi connectivity index (χ3v) is 3.37. The molecule has 0 aromatic heterocycles. The SMILES string of the molecule is CCc1ccc(O)c(CC)c1-c1ccc(O)c(O)c1. The number of phenolic OH excluding ortho intramolecular Hbond substituents is 3. The molecule has 0 bridgehead atoms. The van der Waals surface area contributed by atoms with E-state index in [1.165, 1.54) is 12.1 Å². The van der Waals surface area contributed by atoms with Crippen molar-refractivity contribution in [1.29, 1.82) is 0 Å². The Balaban J connectivity index is 2.71. The molecule has 0 saturated carbocycles. The van der Waals surface area contributed by atoms with E-state index < -0.39 is 0 Å². The number of aromatic hydroxyl groups is 3. The minimum Gasteiger partial charge on any atom is -0.508 e. The smallest absolute Gasteiger partial charge is 0.158 e. The molecule has 0 aliphatic rings. The molecule has 2 aromatic rings. The highest BCUT2D eigenvalue weighted by Crippen LogP contribution is 2.37. The highest BCUT2D eigenvalue weighted by molar-refractivity contribution is 5.75. The molecule has 3 heteroatoms. The zero-order valence-corrected chi connectivity index (χ0v) is 11.1. The fraction of sp³-hybridized carbons (Fsp3) is 0.250. The topological polar surface area (TPSA) is 60.7 Å². The van der Waals surface area contributed by atoms with Gasteiger partial charge in [-0.2, -0.15) is 0 Å². The van der Waals surface area contributed by atoms with Gasteiger partial charge in [0.1, 0.15) is 5.75 Å². The van der Waals surface area contributed by atoms with Gasteiger partial charge in [-0.05, 0) is 47.7 Å². The van der Waals surface area contributed by atoms with Crippen LogP contribution in [0.4, 0.5) is 0 Å². The Hall–Kier alpha value is -2.16. The molecule has 0 spiro atoms. The van der Waals surface area contributed by atoms with Crippen molar-refractivity contribution in [3.8, 4) is 28.4 Å². The molecule has 0 fully saturated rings. The molecule has 0 radical (unpaired) electrons. The summed E-state index contributed by atoms with van der Waals surface area (Å²) in [5.41, 5.74) is 3.73. The summed E-state index contributed by atoms with van der Waals surface area (Å²) in [5, 5.41) is 29.0. The van der Waals surface area contributed by atoms with E-state index in [1.54, 1.807) is 12.1 Å². The fourth-order valence-electron chi connectivity index (χ4n) is 2.38. The number of phenols is 3. The molecule has 3 N–H and O–H groups in total. The molecular weight excluding hydrogens is 240 g/mol. The maximum atomic E-state index is 9.98. The van der Waals surface area contributed by atoms with E-state index in [4.69, 9.17) is 0 Å². The summed E-state index contributed by atoms with van der Waals surface area (Å²) >= 11 is 0. The van der Waals surface area contributed by atoms with Gasteiger partial charge < -0.3 is 15.3 Å². The zero-order valence-electron chi connectivity index (χ0n) is 11.1. The van der Waals surface area contributed by atoms with Crippen LogP contribution in [0.1, 0.15) is 25.0 Å². The normalized spacial score (nSPS) is 10.6. The number of aryl methyl sites for hydroxylation is 1. The number of hydrogen-bond acceptors (Lipinski definition) is 3. The summed E-state index contributed by atoms with van der Waals surface area (Å²) in [7, 11) is 0. The summed E-state index contributed by atoms with van der Waals surface area (Å²) in [6.45, 7) is 4.04. The first-order chi connectivity index (χ1) is 9.08. The van der Waals surface area contributed by atoms with Gasteiger partial charge in [0.05, 0.1) is 0 Å². The molecule has 19 heavy (non-hydrogen) atoms. The largest absolute Gasteiger partial charge is 0.508 e. The van der Waals surface area contributed by atoms with Crippen molar-refractivity contribution < 1.29 is 15.3 Å². The highest BCUT2D eigenvalue weighted by atomic mass is 16.3. The number of hydrogen-bond donors (Lipinski definition) is 3. The first-order valence-electron chi connectivity index (χ1n) is 6.44. The Morgan fingerprint density at radius 1 is 0.789 bits per heavy atom. The third-order valence-electron chi connectivity index (χ3n) is 3.37. The molecule has 3 nitrogen and oxygen atoms in total. The van der Waals surface area contributed by atoms with E-state index in [0.717, 1.165) is 28.7 Å². The molecule has 0 atom stereocenters. The van der Waals surface area contributed by atoms with Crippen molar-refractivity contribution in [2.75, 3.05) is 0 Å². The Labute approximate surface area is 112 Å². The van der Waals surface area contributed by atoms with Crippen LogP contribution in [0, 0.1) is 0 Å². The van der Waals surface area contributed by atoms with Gasteiger partial charge in [-0.3, -0.25) is 0 Å². The van der Waals surface area contributed by atoms with Gasteiger partial charge in [0.2, 0.25) is 0 Å². The van der Waals surface area contributed by atoms with Crippen LogP contribution in [0.3, 0.4) is 0 Å². The van der Waals surface area contributed by atoms with Crippen LogP contribution in [0.25, 0.3) is 11.1 Å². The first kappa shape index (κ1) is 13.3. The van der Waals surface area contributed by atoms with Crippen molar-refractivity contribution in [2.45, 2.75) is 26.7 Å². The van der Waals surface area contributed by atoms with Gasteiger partial charge in [-0.1, -0.05) is 26.0 Å². The zero-order chi connectivity index (χ0) is 14.0. The summed E-state index contributed by atoms with van der Waals surface area (Å²) in [6.07, 6.45) is 1.54. The van der Waals surface area contributed by atoms with Crippen molar-refractivity contribution in [2.24, 2.45) is 0 Å². The lowest BCUT2D eigenvalue weighted by molar-refractivity contribution is 0.404. The minimum absolute atomic E-state index is 0.139. The maximum absolute atomic E-state index is 9.98. The maximum Gasteiger partial charge on any atom is 0.158 e. The van der Waals surface area contributed by atoms with E-state index >= 15 is 0 Å². The lowest BCUT2D eigenvalue weighted by Gasteiger charge is -2.15. The van der Waals surface area contributed by atoms with Crippen LogP contribution in [-0.2, 0) is 12.8 Å². The van der Waals surface area contributed by atoms with Gasteiger partial charge in [0, 0.05) is 5.56 Å². The number of rotatable bonds is 3. The van der Waals surface area contributed by atoms with Crippen LogP contribution < -0.4 is 0 Å². The molecule has 0 aliphatic heterocycles. The van der Waals surface area contributed by atoms with Gasteiger partial charge in [0.25, 0.3) is 0 Å². The van der Waals surface area contributed by atoms with Crippen molar-refractivity contribution in [1.82, 2.24) is 0 Å². The lowest BCUT2D eigenvalue weighted by Crippen LogP contribution is -1.95. The van der Waals surface area contributed by atoms with E-state index in [0.29, 0.717) is 6.42 Å².